The van der Waals surface area contributed by atoms with Gasteiger partial charge in [0.25, 0.3) is 0 Å². The topological polar surface area (TPSA) is 24.5 Å². The molecule has 0 bridgehead atoms. The van der Waals surface area contributed by atoms with Crippen LogP contribution in [-0.4, -0.2) is 37.2 Å². The molecule has 1 aromatic rings. The van der Waals surface area contributed by atoms with Crippen molar-refractivity contribution in [3.8, 4) is 5.75 Å². The maximum absolute atomic E-state index is 6.04. The number of likely N-dealkylation sites (N-methyl/N-ethyl adjacent to an activating group) is 1. The maximum atomic E-state index is 6.04. The molecule has 1 aromatic carbocycles. The minimum atomic E-state index is 0.261. The molecular formula is C15H24N2O. The molecule has 100 valence electrons. The first kappa shape index (κ1) is 13.2. The van der Waals surface area contributed by atoms with Crippen molar-refractivity contribution >= 4 is 5.69 Å². The molecule has 1 N–H and O–H groups in total. The lowest BCUT2D eigenvalue weighted by atomic mass is 10.2. The molecule has 0 spiro atoms. The summed E-state index contributed by atoms with van der Waals surface area (Å²) in [5, 5.41) is 3.45. The van der Waals surface area contributed by atoms with E-state index < -0.39 is 0 Å². The van der Waals surface area contributed by atoms with E-state index in [1.165, 1.54) is 19.4 Å². The van der Waals surface area contributed by atoms with Crippen LogP contribution in [-0.2, 0) is 0 Å². The standard InChI is InChI=1S/C15H24N2O/c1-3-5-10-17(4-2)12-13-11-16-14-8-6-7-9-15(14)18-13/h6-9,13,16H,3-5,10-12H2,1-2H3. The molecule has 0 saturated carbocycles. The van der Waals surface area contributed by atoms with Gasteiger partial charge in [-0.2, -0.15) is 0 Å². The molecule has 0 aliphatic carbocycles. The first-order valence-corrected chi connectivity index (χ1v) is 7.05. The van der Waals surface area contributed by atoms with Crippen molar-refractivity contribution in [2.24, 2.45) is 0 Å². The molecule has 1 aliphatic rings. The Kier molecular flexibility index (Phi) is 4.88. The molecule has 0 fully saturated rings. The van der Waals surface area contributed by atoms with Gasteiger partial charge in [-0.15, -0.1) is 0 Å². The largest absolute Gasteiger partial charge is 0.485 e. The van der Waals surface area contributed by atoms with Gasteiger partial charge in [0.1, 0.15) is 11.9 Å². The van der Waals surface area contributed by atoms with Gasteiger partial charge < -0.3 is 10.1 Å². The van der Waals surface area contributed by atoms with Gasteiger partial charge in [-0.05, 0) is 31.6 Å². The highest BCUT2D eigenvalue weighted by atomic mass is 16.5. The lowest BCUT2D eigenvalue weighted by Crippen LogP contribution is -2.42. The summed E-state index contributed by atoms with van der Waals surface area (Å²) in [6, 6.07) is 8.17. The van der Waals surface area contributed by atoms with Crippen LogP contribution in [0.15, 0.2) is 24.3 Å². The smallest absolute Gasteiger partial charge is 0.142 e. The van der Waals surface area contributed by atoms with Crippen molar-refractivity contribution in [3.05, 3.63) is 24.3 Å². The van der Waals surface area contributed by atoms with Crippen LogP contribution in [0.1, 0.15) is 26.7 Å². The number of nitrogens with zero attached hydrogens (tertiary/aromatic N) is 1. The van der Waals surface area contributed by atoms with E-state index in [1.54, 1.807) is 0 Å². The van der Waals surface area contributed by atoms with Crippen molar-refractivity contribution in [1.29, 1.82) is 0 Å². The first-order valence-electron chi connectivity index (χ1n) is 7.05. The van der Waals surface area contributed by atoms with E-state index in [0.717, 1.165) is 31.1 Å². The predicted octanol–water partition coefficient (Wildman–Crippen LogP) is 2.98. The molecule has 0 radical (unpaired) electrons. The monoisotopic (exact) mass is 248 g/mol. The van der Waals surface area contributed by atoms with Crippen LogP contribution >= 0.6 is 0 Å². The number of anilines is 1. The molecule has 0 saturated heterocycles. The number of rotatable bonds is 6. The van der Waals surface area contributed by atoms with Crippen LogP contribution in [0.2, 0.25) is 0 Å². The highest BCUT2D eigenvalue weighted by Gasteiger charge is 2.20. The fourth-order valence-electron chi connectivity index (χ4n) is 2.31. The van der Waals surface area contributed by atoms with Gasteiger partial charge in [0.2, 0.25) is 0 Å². The predicted molar refractivity (Wildman–Crippen MR) is 76.4 cm³/mol. The maximum Gasteiger partial charge on any atom is 0.142 e. The van der Waals surface area contributed by atoms with Gasteiger partial charge in [0.15, 0.2) is 0 Å². The molecule has 3 nitrogen and oxygen atoms in total. The lowest BCUT2D eigenvalue weighted by Gasteiger charge is -2.31. The Bertz CT molecular complexity index is 367. The van der Waals surface area contributed by atoms with Gasteiger partial charge >= 0.3 is 0 Å². The summed E-state index contributed by atoms with van der Waals surface area (Å²) in [6.07, 6.45) is 2.78. The number of unbranched alkanes of at least 4 members (excludes halogenated alkanes) is 1. The molecule has 2 rings (SSSR count). The first-order chi connectivity index (χ1) is 8.83. The van der Waals surface area contributed by atoms with Crippen LogP contribution in [0, 0.1) is 0 Å². The van der Waals surface area contributed by atoms with Gasteiger partial charge in [0.05, 0.1) is 12.2 Å². The molecule has 1 aliphatic heterocycles. The Labute approximate surface area is 110 Å². The average molecular weight is 248 g/mol. The van der Waals surface area contributed by atoms with E-state index in [1.807, 2.05) is 18.2 Å². The fourth-order valence-corrected chi connectivity index (χ4v) is 2.31. The number of para-hydroxylation sites is 2. The summed E-state index contributed by atoms with van der Waals surface area (Å²) in [6.45, 7) is 8.65. The van der Waals surface area contributed by atoms with Crippen molar-refractivity contribution in [2.45, 2.75) is 32.8 Å². The second-order valence-corrected chi connectivity index (χ2v) is 4.86. The van der Waals surface area contributed by atoms with Gasteiger partial charge in [-0.3, -0.25) is 4.90 Å². The van der Waals surface area contributed by atoms with E-state index in [9.17, 15) is 0 Å². The number of hydrogen-bond donors (Lipinski definition) is 1. The summed E-state index contributed by atoms with van der Waals surface area (Å²) in [4.78, 5) is 2.48. The zero-order chi connectivity index (χ0) is 12.8. The van der Waals surface area contributed by atoms with E-state index >= 15 is 0 Å². The van der Waals surface area contributed by atoms with E-state index in [0.29, 0.717) is 0 Å². The van der Waals surface area contributed by atoms with Crippen molar-refractivity contribution in [3.63, 3.8) is 0 Å². The average Bonchev–Trinajstić information content (AvgIpc) is 2.43. The summed E-state index contributed by atoms with van der Waals surface area (Å²) in [7, 11) is 0. The number of hydrogen-bond acceptors (Lipinski definition) is 3. The Morgan fingerprint density at radius 3 is 2.94 bits per heavy atom. The second-order valence-electron chi connectivity index (χ2n) is 4.86. The molecule has 0 aromatic heterocycles. The van der Waals surface area contributed by atoms with Crippen LogP contribution in [0.5, 0.6) is 5.75 Å². The normalized spacial score (nSPS) is 18.1. The number of ether oxygens (including phenoxy) is 1. The minimum absolute atomic E-state index is 0.261. The Morgan fingerprint density at radius 1 is 1.33 bits per heavy atom. The third-order valence-electron chi connectivity index (χ3n) is 3.44. The Balaban J connectivity index is 1.88. The number of benzene rings is 1. The summed E-state index contributed by atoms with van der Waals surface area (Å²) in [5.74, 6) is 0.986. The summed E-state index contributed by atoms with van der Waals surface area (Å²) < 4.78 is 6.04. The van der Waals surface area contributed by atoms with Crippen LogP contribution in [0.4, 0.5) is 5.69 Å². The molecule has 1 heterocycles. The molecular weight excluding hydrogens is 224 g/mol. The summed E-state index contributed by atoms with van der Waals surface area (Å²) >= 11 is 0. The number of fused-ring (bicyclic) bond motifs is 1. The minimum Gasteiger partial charge on any atom is -0.485 e. The van der Waals surface area contributed by atoms with Crippen LogP contribution in [0.3, 0.4) is 0 Å². The molecule has 3 heteroatoms. The Morgan fingerprint density at radius 2 is 2.17 bits per heavy atom. The third-order valence-corrected chi connectivity index (χ3v) is 3.44. The number of nitrogens with one attached hydrogen (secondary N) is 1. The summed E-state index contributed by atoms with van der Waals surface area (Å²) in [5.41, 5.74) is 1.12. The zero-order valence-corrected chi connectivity index (χ0v) is 11.5. The SMILES string of the molecule is CCCCN(CC)CC1CNc2ccccc2O1. The van der Waals surface area contributed by atoms with E-state index in [-0.39, 0.29) is 6.10 Å². The van der Waals surface area contributed by atoms with Crippen LogP contribution < -0.4 is 10.1 Å². The highest BCUT2D eigenvalue weighted by molar-refractivity contribution is 5.57. The Hall–Kier alpha value is -1.22. The zero-order valence-electron chi connectivity index (χ0n) is 11.5. The quantitative estimate of drug-likeness (QED) is 0.837. The molecule has 1 atom stereocenters. The third kappa shape index (κ3) is 3.39. The van der Waals surface area contributed by atoms with Crippen molar-refractivity contribution in [2.75, 3.05) is 31.5 Å². The van der Waals surface area contributed by atoms with Crippen molar-refractivity contribution < 1.29 is 4.74 Å². The van der Waals surface area contributed by atoms with E-state index in [2.05, 4.69) is 30.1 Å². The fraction of sp³-hybridized carbons (Fsp3) is 0.600. The van der Waals surface area contributed by atoms with E-state index in [4.69, 9.17) is 4.74 Å². The van der Waals surface area contributed by atoms with Crippen LogP contribution in [0.25, 0.3) is 0 Å². The molecule has 1 unspecified atom stereocenters. The van der Waals surface area contributed by atoms with Gasteiger partial charge in [-0.1, -0.05) is 32.4 Å². The van der Waals surface area contributed by atoms with Crippen molar-refractivity contribution in [1.82, 2.24) is 4.90 Å². The molecule has 18 heavy (non-hydrogen) atoms. The highest BCUT2D eigenvalue weighted by Crippen LogP contribution is 2.28. The van der Waals surface area contributed by atoms with Gasteiger partial charge in [0, 0.05) is 6.54 Å². The molecule has 0 amide bonds. The lowest BCUT2D eigenvalue weighted by molar-refractivity contribution is 0.138. The van der Waals surface area contributed by atoms with Gasteiger partial charge in [-0.25, -0.2) is 0 Å². The second kappa shape index (κ2) is 6.64.